The molecule has 1 amide bonds. The van der Waals surface area contributed by atoms with Gasteiger partial charge in [-0.05, 0) is 59.9 Å². The van der Waals surface area contributed by atoms with Crippen molar-refractivity contribution in [2.45, 2.75) is 59.1 Å². The molecule has 5 nitrogen and oxygen atoms in total. The Hall–Kier alpha value is -0.810. The quantitative estimate of drug-likeness (QED) is 0.734. The largest absolute Gasteiger partial charge is 0.444 e. The molecule has 0 aliphatic carbocycles. The van der Waals surface area contributed by atoms with Crippen molar-refractivity contribution in [2.24, 2.45) is 5.92 Å². The molecule has 0 saturated carbocycles. The Morgan fingerprint density at radius 2 is 2.19 bits per heavy atom. The number of hydrogen-bond acceptors (Lipinski definition) is 4. The van der Waals surface area contributed by atoms with E-state index in [0.717, 1.165) is 39.1 Å². The lowest BCUT2D eigenvalue weighted by atomic mass is 10.0. The Labute approximate surface area is 129 Å². The Morgan fingerprint density at radius 3 is 2.71 bits per heavy atom. The molecule has 0 aromatic rings. The molecule has 0 bridgehead atoms. The fraction of sp³-hybridized carbons (Fsp3) is 0.938. The second-order valence-electron chi connectivity index (χ2n) is 6.78. The van der Waals surface area contributed by atoms with Crippen molar-refractivity contribution >= 4 is 6.09 Å². The van der Waals surface area contributed by atoms with Crippen LogP contribution in [0.4, 0.5) is 4.79 Å². The van der Waals surface area contributed by atoms with E-state index in [1.54, 1.807) is 4.90 Å². The van der Waals surface area contributed by atoms with Gasteiger partial charge in [0.2, 0.25) is 0 Å². The molecule has 1 saturated heterocycles. The first-order valence-electron chi connectivity index (χ1n) is 8.12. The van der Waals surface area contributed by atoms with Gasteiger partial charge < -0.3 is 19.7 Å². The van der Waals surface area contributed by atoms with Crippen molar-refractivity contribution in [3.05, 3.63) is 0 Å². The van der Waals surface area contributed by atoms with Gasteiger partial charge in [-0.2, -0.15) is 0 Å². The molecule has 0 spiro atoms. The maximum atomic E-state index is 12.0. The Kier molecular flexibility index (Phi) is 7.46. The zero-order valence-electron chi connectivity index (χ0n) is 14.3. The SMILES string of the molecule is CCN(CCCNC(C)C1CCOC1)C(=O)OC(C)(C)C. The van der Waals surface area contributed by atoms with Gasteiger partial charge in [-0.25, -0.2) is 4.79 Å². The predicted molar refractivity (Wildman–Crippen MR) is 84.5 cm³/mol. The van der Waals surface area contributed by atoms with Crippen LogP contribution in [0.5, 0.6) is 0 Å². The first kappa shape index (κ1) is 18.2. The summed E-state index contributed by atoms with van der Waals surface area (Å²) >= 11 is 0. The van der Waals surface area contributed by atoms with E-state index in [9.17, 15) is 4.79 Å². The van der Waals surface area contributed by atoms with Gasteiger partial charge in [0, 0.05) is 25.7 Å². The number of carbonyl (C=O) groups excluding carboxylic acids is 1. The van der Waals surface area contributed by atoms with Crippen LogP contribution in [-0.2, 0) is 9.47 Å². The third-order valence-corrected chi connectivity index (χ3v) is 3.78. The summed E-state index contributed by atoms with van der Waals surface area (Å²) in [5, 5.41) is 3.53. The van der Waals surface area contributed by atoms with Crippen LogP contribution in [0.25, 0.3) is 0 Å². The number of ether oxygens (including phenoxy) is 2. The zero-order chi connectivity index (χ0) is 15.9. The van der Waals surface area contributed by atoms with Gasteiger partial charge in [-0.15, -0.1) is 0 Å². The molecule has 2 atom stereocenters. The summed E-state index contributed by atoms with van der Waals surface area (Å²) in [6.45, 7) is 14.0. The Balaban J connectivity index is 2.21. The molecular weight excluding hydrogens is 268 g/mol. The number of carbonyl (C=O) groups is 1. The van der Waals surface area contributed by atoms with Gasteiger partial charge >= 0.3 is 6.09 Å². The zero-order valence-corrected chi connectivity index (χ0v) is 14.3. The first-order chi connectivity index (χ1) is 9.83. The van der Waals surface area contributed by atoms with E-state index < -0.39 is 5.60 Å². The predicted octanol–water partition coefficient (Wildman–Crippen LogP) is 2.65. The minimum absolute atomic E-state index is 0.220. The standard InChI is InChI=1S/C16H32N2O3/c1-6-18(15(19)21-16(3,4)5)10-7-9-17-13(2)14-8-11-20-12-14/h13-14,17H,6-12H2,1-5H3. The van der Waals surface area contributed by atoms with Crippen molar-refractivity contribution in [3.8, 4) is 0 Å². The van der Waals surface area contributed by atoms with Crippen molar-refractivity contribution in [1.29, 1.82) is 0 Å². The lowest BCUT2D eigenvalue weighted by molar-refractivity contribution is 0.0258. The Bertz CT molecular complexity index is 309. The monoisotopic (exact) mass is 300 g/mol. The van der Waals surface area contributed by atoms with Gasteiger partial charge in [0.05, 0.1) is 6.61 Å². The molecule has 1 rings (SSSR count). The summed E-state index contributed by atoms with van der Waals surface area (Å²) in [7, 11) is 0. The summed E-state index contributed by atoms with van der Waals surface area (Å²) in [4.78, 5) is 13.8. The van der Waals surface area contributed by atoms with E-state index in [0.29, 0.717) is 18.5 Å². The van der Waals surface area contributed by atoms with Gasteiger partial charge in [0.25, 0.3) is 0 Å². The van der Waals surface area contributed by atoms with Gasteiger partial charge in [-0.3, -0.25) is 0 Å². The number of amides is 1. The number of hydrogen-bond donors (Lipinski definition) is 1. The highest BCUT2D eigenvalue weighted by molar-refractivity contribution is 5.68. The number of rotatable bonds is 7. The highest BCUT2D eigenvalue weighted by Crippen LogP contribution is 2.16. The summed E-state index contributed by atoms with van der Waals surface area (Å²) in [5.41, 5.74) is -0.431. The highest BCUT2D eigenvalue weighted by Gasteiger charge is 2.22. The summed E-state index contributed by atoms with van der Waals surface area (Å²) in [6, 6.07) is 0.476. The fourth-order valence-electron chi connectivity index (χ4n) is 2.42. The second kappa shape index (κ2) is 8.59. The average Bonchev–Trinajstić information content (AvgIpc) is 2.90. The second-order valence-corrected chi connectivity index (χ2v) is 6.78. The minimum atomic E-state index is -0.431. The molecule has 1 aliphatic heterocycles. The number of nitrogens with zero attached hydrogens (tertiary/aromatic N) is 1. The van der Waals surface area contributed by atoms with Crippen molar-refractivity contribution in [2.75, 3.05) is 32.8 Å². The smallest absolute Gasteiger partial charge is 0.410 e. The van der Waals surface area contributed by atoms with Gasteiger partial charge in [0.15, 0.2) is 0 Å². The maximum Gasteiger partial charge on any atom is 0.410 e. The third kappa shape index (κ3) is 7.14. The molecule has 0 aromatic carbocycles. The topological polar surface area (TPSA) is 50.8 Å². The Morgan fingerprint density at radius 1 is 1.48 bits per heavy atom. The van der Waals surface area contributed by atoms with Crippen LogP contribution in [-0.4, -0.2) is 55.5 Å². The average molecular weight is 300 g/mol. The van der Waals surface area contributed by atoms with Crippen LogP contribution in [0.15, 0.2) is 0 Å². The van der Waals surface area contributed by atoms with Crippen LogP contribution in [0.1, 0.15) is 47.5 Å². The van der Waals surface area contributed by atoms with E-state index >= 15 is 0 Å². The van der Waals surface area contributed by atoms with Crippen molar-refractivity contribution < 1.29 is 14.3 Å². The molecule has 1 heterocycles. The first-order valence-corrected chi connectivity index (χ1v) is 8.12. The molecule has 124 valence electrons. The molecule has 0 radical (unpaired) electrons. The summed E-state index contributed by atoms with van der Waals surface area (Å²) < 4.78 is 10.8. The molecule has 21 heavy (non-hydrogen) atoms. The molecule has 5 heteroatoms. The fourth-order valence-corrected chi connectivity index (χ4v) is 2.42. The van der Waals surface area contributed by atoms with Crippen LogP contribution in [0, 0.1) is 5.92 Å². The summed E-state index contributed by atoms with van der Waals surface area (Å²) in [6.07, 6.45) is 1.86. The van der Waals surface area contributed by atoms with Gasteiger partial charge in [0.1, 0.15) is 5.60 Å². The van der Waals surface area contributed by atoms with Crippen LogP contribution >= 0.6 is 0 Å². The van der Waals surface area contributed by atoms with Crippen molar-refractivity contribution in [1.82, 2.24) is 10.2 Å². The molecule has 2 unspecified atom stereocenters. The van der Waals surface area contributed by atoms with Crippen LogP contribution < -0.4 is 5.32 Å². The van der Waals surface area contributed by atoms with E-state index in [2.05, 4.69) is 12.2 Å². The maximum absolute atomic E-state index is 12.0. The van der Waals surface area contributed by atoms with E-state index in [-0.39, 0.29) is 6.09 Å². The molecule has 1 aliphatic rings. The molecular formula is C16H32N2O3. The minimum Gasteiger partial charge on any atom is -0.444 e. The van der Waals surface area contributed by atoms with Crippen LogP contribution in [0.3, 0.4) is 0 Å². The van der Waals surface area contributed by atoms with E-state index in [1.165, 1.54) is 0 Å². The highest BCUT2D eigenvalue weighted by atomic mass is 16.6. The third-order valence-electron chi connectivity index (χ3n) is 3.78. The lowest BCUT2D eigenvalue weighted by Crippen LogP contribution is -2.39. The van der Waals surface area contributed by atoms with E-state index in [1.807, 2.05) is 27.7 Å². The van der Waals surface area contributed by atoms with Crippen molar-refractivity contribution in [3.63, 3.8) is 0 Å². The molecule has 1 N–H and O–H groups in total. The van der Waals surface area contributed by atoms with Gasteiger partial charge in [-0.1, -0.05) is 0 Å². The normalized spacial score (nSPS) is 20.3. The molecule has 1 fully saturated rings. The number of nitrogens with one attached hydrogen (secondary N) is 1. The molecule has 0 aromatic heterocycles. The lowest BCUT2D eigenvalue weighted by Gasteiger charge is -2.27. The summed E-state index contributed by atoms with van der Waals surface area (Å²) in [5.74, 6) is 0.623. The van der Waals surface area contributed by atoms with E-state index in [4.69, 9.17) is 9.47 Å². The van der Waals surface area contributed by atoms with Crippen LogP contribution in [0.2, 0.25) is 0 Å².